The highest BCUT2D eigenvalue weighted by Crippen LogP contribution is 2.33. The number of carbonyl (C=O) groups is 1. The lowest BCUT2D eigenvalue weighted by molar-refractivity contribution is -0.137. The predicted molar refractivity (Wildman–Crippen MR) is 95.9 cm³/mol. The van der Waals surface area contributed by atoms with Crippen molar-refractivity contribution in [3.8, 4) is 11.4 Å². The van der Waals surface area contributed by atoms with E-state index < -0.39 is 11.7 Å². The maximum absolute atomic E-state index is 12.7. The third kappa shape index (κ3) is 3.60. The van der Waals surface area contributed by atoms with E-state index in [9.17, 15) is 18.0 Å². The van der Waals surface area contributed by atoms with Gasteiger partial charge >= 0.3 is 6.18 Å². The van der Waals surface area contributed by atoms with Gasteiger partial charge in [0.2, 0.25) is 17.6 Å². The molecule has 1 fully saturated rings. The quantitative estimate of drug-likeness (QED) is 0.617. The third-order valence-electron chi connectivity index (χ3n) is 4.52. The molecule has 0 radical (unpaired) electrons. The molecule has 1 unspecified atom stereocenters. The Morgan fingerprint density at radius 1 is 1.07 bits per heavy atom. The summed E-state index contributed by atoms with van der Waals surface area (Å²) in [5.74, 6) is 0.0845. The van der Waals surface area contributed by atoms with E-state index in [1.807, 2.05) is 0 Å². The fourth-order valence-corrected chi connectivity index (χ4v) is 3.20. The summed E-state index contributed by atoms with van der Waals surface area (Å²) in [5.41, 5.74) is 0.376. The highest BCUT2D eigenvalue weighted by Gasteiger charge is 2.35. The van der Waals surface area contributed by atoms with Crippen LogP contribution in [0.25, 0.3) is 11.4 Å². The first-order valence-electron chi connectivity index (χ1n) is 8.38. The molecule has 0 spiro atoms. The molecular formula is C19H13ClF3N3O2. The SMILES string of the molecule is O=C1CC(c2nc(-c3ccc(C(F)(F)F)cc3)no2)CN1c1ccc(Cl)cc1. The second-order valence-corrected chi connectivity index (χ2v) is 6.85. The fraction of sp³-hybridized carbons (Fsp3) is 0.211. The first-order chi connectivity index (χ1) is 13.3. The second-order valence-electron chi connectivity index (χ2n) is 6.41. The van der Waals surface area contributed by atoms with Gasteiger partial charge in [-0.3, -0.25) is 4.79 Å². The molecule has 0 N–H and O–H groups in total. The van der Waals surface area contributed by atoms with Gasteiger partial charge in [0, 0.05) is 29.2 Å². The lowest BCUT2D eigenvalue weighted by Crippen LogP contribution is -2.24. The number of aromatic nitrogens is 2. The van der Waals surface area contributed by atoms with Crippen molar-refractivity contribution in [2.75, 3.05) is 11.4 Å². The van der Waals surface area contributed by atoms with Crippen LogP contribution in [0.2, 0.25) is 5.02 Å². The van der Waals surface area contributed by atoms with Crippen molar-refractivity contribution in [1.29, 1.82) is 0 Å². The normalized spacial score (nSPS) is 17.4. The Hall–Kier alpha value is -2.87. The lowest BCUT2D eigenvalue weighted by Gasteiger charge is -2.15. The Morgan fingerprint density at radius 2 is 1.75 bits per heavy atom. The maximum atomic E-state index is 12.7. The van der Waals surface area contributed by atoms with Crippen molar-refractivity contribution in [2.24, 2.45) is 0 Å². The van der Waals surface area contributed by atoms with Gasteiger partial charge in [0.05, 0.1) is 11.5 Å². The Kier molecular flexibility index (Phi) is 4.58. The Morgan fingerprint density at radius 3 is 2.39 bits per heavy atom. The van der Waals surface area contributed by atoms with Crippen molar-refractivity contribution in [3.63, 3.8) is 0 Å². The van der Waals surface area contributed by atoms with Gasteiger partial charge in [0.1, 0.15) is 0 Å². The first kappa shape index (κ1) is 18.5. The van der Waals surface area contributed by atoms with Crippen LogP contribution in [0.15, 0.2) is 53.1 Å². The van der Waals surface area contributed by atoms with Gasteiger partial charge in [-0.15, -0.1) is 0 Å². The van der Waals surface area contributed by atoms with Crippen LogP contribution in [-0.4, -0.2) is 22.6 Å². The summed E-state index contributed by atoms with van der Waals surface area (Å²) in [7, 11) is 0. The topological polar surface area (TPSA) is 59.2 Å². The Labute approximate surface area is 162 Å². The summed E-state index contributed by atoms with van der Waals surface area (Å²) in [5, 5.41) is 4.42. The molecular weight excluding hydrogens is 395 g/mol. The number of anilines is 1. The minimum absolute atomic E-state index is 0.0818. The molecule has 1 aliphatic rings. The third-order valence-corrected chi connectivity index (χ3v) is 4.78. The zero-order chi connectivity index (χ0) is 19.9. The van der Waals surface area contributed by atoms with E-state index in [4.69, 9.17) is 16.1 Å². The van der Waals surface area contributed by atoms with Gasteiger partial charge in [0.25, 0.3) is 0 Å². The summed E-state index contributed by atoms with van der Waals surface area (Å²) < 4.78 is 43.3. The zero-order valence-electron chi connectivity index (χ0n) is 14.3. The number of benzene rings is 2. The summed E-state index contributed by atoms with van der Waals surface area (Å²) in [6, 6.07) is 11.4. The number of halogens is 4. The average Bonchev–Trinajstić information content (AvgIpc) is 3.29. The summed E-state index contributed by atoms with van der Waals surface area (Å²) in [6.07, 6.45) is -4.20. The molecule has 144 valence electrons. The van der Waals surface area contributed by atoms with Crippen LogP contribution in [0.4, 0.5) is 18.9 Å². The van der Waals surface area contributed by atoms with E-state index in [0.29, 0.717) is 17.1 Å². The van der Waals surface area contributed by atoms with Crippen LogP contribution in [0.3, 0.4) is 0 Å². The molecule has 1 aliphatic heterocycles. The van der Waals surface area contributed by atoms with Crippen LogP contribution in [0, 0.1) is 0 Å². The van der Waals surface area contributed by atoms with Crippen molar-refractivity contribution < 1.29 is 22.5 Å². The summed E-state index contributed by atoms with van der Waals surface area (Å²) >= 11 is 5.88. The molecule has 3 aromatic rings. The van der Waals surface area contributed by atoms with E-state index >= 15 is 0 Å². The molecule has 2 heterocycles. The van der Waals surface area contributed by atoms with E-state index in [1.54, 1.807) is 29.2 Å². The van der Waals surface area contributed by atoms with E-state index in [-0.39, 0.29) is 30.0 Å². The molecule has 1 aromatic heterocycles. The minimum atomic E-state index is -4.41. The number of amides is 1. The van der Waals surface area contributed by atoms with Gasteiger partial charge in [0.15, 0.2) is 0 Å². The molecule has 9 heteroatoms. The molecule has 28 heavy (non-hydrogen) atoms. The predicted octanol–water partition coefficient (Wildman–Crippen LogP) is 4.93. The molecule has 5 nitrogen and oxygen atoms in total. The number of rotatable bonds is 3. The fourth-order valence-electron chi connectivity index (χ4n) is 3.07. The van der Waals surface area contributed by atoms with Gasteiger partial charge in [-0.2, -0.15) is 18.2 Å². The molecule has 0 aliphatic carbocycles. The smallest absolute Gasteiger partial charge is 0.339 e. The molecule has 1 saturated heterocycles. The van der Waals surface area contributed by atoms with Gasteiger partial charge in [-0.25, -0.2) is 0 Å². The van der Waals surface area contributed by atoms with Crippen molar-refractivity contribution in [2.45, 2.75) is 18.5 Å². The highest BCUT2D eigenvalue weighted by molar-refractivity contribution is 6.30. The van der Waals surface area contributed by atoms with Crippen LogP contribution in [-0.2, 0) is 11.0 Å². The average molecular weight is 408 g/mol. The monoisotopic (exact) mass is 407 g/mol. The highest BCUT2D eigenvalue weighted by atomic mass is 35.5. The molecule has 2 aromatic carbocycles. The van der Waals surface area contributed by atoms with Crippen LogP contribution >= 0.6 is 11.6 Å². The molecule has 4 rings (SSSR count). The Balaban J connectivity index is 1.52. The van der Waals surface area contributed by atoms with Gasteiger partial charge in [-0.1, -0.05) is 28.9 Å². The maximum Gasteiger partial charge on any atom is 0.416 e. The minimum Gasteiger partial charge on any atom is -0.339 e. The molecule has 0 saturated carbocycles. The van der Waals surface area contributed by atoms with Crippen LogP contribution < -0.4 is 4.90 Å². The number of carbonyl (C=O) groups excluding carboxylic acids is 1. The Bertz CT molecular complexity index is 1000. The standard InChI is InChI=1S/C19H13ClF3N3O2/c20-14-5-7-15(8-6-14)26-10-12(9-16(26)27)18-24-17(25-28-18)11-1-3-13(4-2-11)19(21,22)23/h1-8,12H,9-10H2. The van der Waals surface area contributed by atoms with Crippen molar-refractivity contribution >= 4 is 23.2 Å². The first-order valence-corrected chi connectivity index (χ1v) is 8.76. The second kappa shape index (κ2) is 6.94. The van der Waals surface area contributed by atoms with Gasteiger partial charge in [-0.05, 0) is 36.4 Å². The lowest BCUT2D eigenvalue weighted by atomic mass is 10.1. The van der Waals surface area contributed by atoms with E-state index in [1.165, 1.54) is 12.1 Å². The number of hydrogen-bond acceptors (Lipinski definition) is 4. The molecule has 0 bridgehead atoms. The van der Waals surface area contributed by atoms with Crippen molar-refractivity contribution in [3.05, 3.63) is 65.0 Å². The number of alkyl halides is 3. The van der Waals surface area contributed by atoms with Crippen LogP contribution in [0.1, 0.15) is 23.8 Å². The number of hydrogen-bond donors (Lipinski definition) is 0. The van der Waals surface area contributed by atoms with Gasteiger partial charge < -0.3 is 9.42 Å². The van der Waals surface area contributed by atoms with Crippen LogP contribution in [0.5, 0.6) is 0 Å². The molecule has 1 amide bonds. The van der Waals surface area contributed by atoms with E-state index in [0.717, 1.165) is 17.8 Å². The molecule has 1 atom stereocenters. The number of nitrogens with zero attached hydrogens (tertiary/aromatic N) is 3. The zero-order valence-corrected chi connectivity index (χ0v) is 15.0. The van der Waals surface area contributed by atoms with E-state index in [2.05, 4.69) is 10.1 Å². The summed E-state index contributed by atoms with van der Waals surface area (Å²) in [6.45, 7) is 0.370. The van der Waals surface area contributed by atoms with Crippen molar-refractivity contribution in [1.82, 2.24) is 10.1 Å². The largest absolute Gasteiger partial charge is 0.416 e. The summed E-state index contributed by atoms with van der Waals surface area (Å²) in [4.78, 5) is 18.2.